The molecule has 46 valence electrons. The van der Waals surface area contributed by atoms with E-state index in [1.807, 2.05) is 6.92 Å². The van der Waals surface area contributed by atoms with Crippen molar-refractivity contribution in [2.75, 3.05) is 7.11 Å². The summed E-state index contributed by atoms with van der Waals surface area (Å²) in [6, 6.07) is 0. The molecule has 0 bridgehead atoms. The molecule has 0 aliphatic rings. The maximum Gasteiger partial charge on any atom is 0.117 e. The van der Waals surface area contributed by atoms with E-state index in [4.69, 9.17) is 5.11 Å². The summed E-state index contributed by atoms with van der Waals surface area (Å²) in [5.41, 5.74) is 0. The van der Waals surface area contributed by atoms with Crippen molar-refractivity contribution in [2.45, 2.75) is 19.4 Å². The predicted molar refractivity (Wildman–Crippen MR) is 31.1 cm³/mol. The zero-order chi connectivity index (χ0) is 6.41. The summed E-state index contributed by atoms with van der Waals surface area (Å²) in [5, 5.41) is 8.74. The molecule has 0 saturated heterocycles. The Hall–Kier alpha value is -0.680. The summed E-state index contributed by atoms with van der Waals surface area (Å²) in [4.78, 5) is 0. The number of rotatable bonds is 1. The molecule has 0 rings (SSSR count). The van der Waals surface area contributed by atoms with E-state index < -0.39 is 6.10 Å². The van der Waals surface area contributed by atoms with Gasteiger partial charge in [0, 0.05) is 0 Å². The Morgan fingerprint density at radius 3 is 2.75 bits per heavy atom. The largest absolute Gasteiger partial charge is 0.450 e. The lowest BCUT2D eigenvalue weighted by molar-refractivity contribution is 0.226. The molecule has 1 N–H and O–H groups in total. The summed E-state index contributed by atoms with van der Waals surface area (Å²) in [5.74, 6) is 2.47. The molecule has 0 radical (unpaired) electrons. The van der Waals surface area contributed by atoms with Gasteiger partial charge in [0.2, 0.25) is 0 Å². The van der Waals surface area contributed by atoms with E-state index in [0.29, 0.717) is 6.42 Å². The van der Waals surface area contributed by atoms with Crippen LogP contribution in [0.25, 0.3) is 0 Å². The molecule has 0 aromatic carbocycles. The molecular weight excluding hydrogens is 104 g/mol. The number of hydrogen-bond acceptors (Lipinski definition) is 2. The number of aliphatic hydroxyl groups is 1. The lowest BCUT2D eigenvalue weighted by Crippen LogP contribution is -1.98. The minimum atomic E-state index is -0.532. The molecule has 8 heavy (non-hydrogen) atoms. The molecule has 0 heterocycles. The Kier molecular flexibility index (Phi) is 4.10. The van der Waals surface area contributed by atoms with Crippen LogP contribution in [-0.2, 0) is 4.74 Å². The van der Waals surface area contributed by atoms with Gasteiger partial charge in [-0.25, -0.2) is 0 Å². The van der Waals surface area contributed by atoms with Crippen molar-refractivity contribution in [2.24, 2.45) is 0 Å². The molecule has 0 fully saturated rings. The summed E-state index contributed by atoms with van der Waals surface area (Å²) < 4.78 is 4.39. The Balaban J connectivity index is 3.35. The lowest BCUT2D eigenvalue weighted by atomic mass is 10.3. The first-order chi connectivity index (χ1) is 3.81. The van der Waals surface area contributed by atoms with Crippen molar-refractivity contribution >= 4 is 0 Å². The lowest BCUT2D eigenvalue weighted by Gasteiger charge is -1.91. The van der Waals surface area contributed by atoms with Crippen molar-refractivity contribution in [3.63, 3.8) is 0 Å². The third-order valence-corrected chi connectivity index (χ3v) is 0.714. The smallest absolute Gasteiger partial charge is 0.117 e. The standard InChI is InChI=1S/C6H10O2/c1-3-6(7)4-5-8-2/h6-7H,3H2,1-2H3. The Morgan fingerprint density at radius 1 is 1.75 bits per heavy atom. The molecule has 0 aliphatic heterocycles. The number of methoxy groups -OCH3 is 1. The summed E-state index contributed by atoms with van der Waals surface area (Å²) >= 11 is 0. The maximum atomic E-state index is 8.74. The van der Waals surface area contributed by atoms with Gasteiger partial charge >= 0.3 is 0 Å². The minimum absolute atomic E-state index is 0.532. The van der Waals surface area contributed by atoms with Crippen LogP contribution in [0.5, 0.6) is 0 Å². The molecule has 2 nitrogen and oxygen atoms in total. The van der Waals surface area contributed by atoms with E-state index in [2.05, 4.69) is 16.8 Å². The second-order valence-electron chi connectivity index (χ2n) is 1.37. The van der Waals surface area contributed by atoms with Crippen molar-refractivity contribution < 1.29 is 9.84 Å². The van der Waals surface area contributed by atoms with Gasteiger partial charge in [-0.05, 0) is 12.3 Å². The highest BCUT2D eigenvalue weighted by Crippen LogP contribution is 1.84. The van der Waals surface area contributed by atoms with Crippen molar-refractivity contribution in [1.29, 1.82) is 0 Å². The van der Waals surface area contributed by atoms with Crippen molar-refractivity contribution in [3.05, 3.63) is 0 Å². The first kappa shape index (κ1) is 7.32. The van der Waals surface area contributed by atoms with E-state index in [-0.39, 0.29) is 0 Å². The topological polar surface area (TPSA) is 29.5 Å². The molecule has 1 atom stereocenters. The van der Waals surface area contributed by atoms with Gasteiger partial charge in [0.1, 0.15) is 12.2 Å². The van der Waals surface area contributed by atoms with E-state index in [1.54, 1.807) is 0 Å². The number of aliphatic hydroxyl groups excluding tert-OH is 1. The van der Waals surface area contributed by atoms with Crippen LogP contribution in [-0.4, -0.2) is 18.3 Å². The van der Waals surface area contributed by atoms with Crippen LogP contribution in [0.1, 0.15) is 13.3 Å². The normalized spacial score (nSPS) is 11.4. The number of hydrogen-bond donors (Lipinski definition) is 1. The maximum absolute atomic E-state index is 8.74. The van der Waals surface area contributed by atoms with Gasteiger partial charge in [-0.2, -0.15) is 0 Å². The van der Waals surface area contributed by atoms with Gasteiger partial charge in [0.05, 0.1) is 7.11 Å². The van der Waals surface area contributed by atoms with Gasteiger partial charge in [-0.15, -0.1) is 0 Å². The van der Waals surface area contributed by atoms with Crippen LogP contribution in [0.15, 0.2) is 0 Å². The average molecular weight is 114 g/mol. The molecule has 1 unspecified atom stereocenters. The zero-order valence-electron chi connectivity index (χ0n) is 5.14. The highest BCUT2D eigenvalue weighted by atomic mass is 16.5. The fraction of sp³-hybridized carbons (Fsp3) is 0.667. The van der Waals surface area contributed by atoms with E-state index in [9.17, 15) is 0 Å². The quantitative estimate of drug-likeness (QED) is 0.499. The zero-order valence-corrected chi connectivity index (χ0v) is 5.14. The Morgan fingerprint density at radius 2 is 2.38 bits per heavy atom. The second kappa shape index (κ2) is 4.48. The van der Waals surface area contributed by atoms with Crippen LogP contribution < -0.4 is 0 Å². The second-order valence-corrected chi connectivity index (χ2v) is 1.37. The van der Waals surface area contributed by atoms with Crippen LogP contribution in [0, 0.1) is 12.0 Å². The SMILES string of the molecule is CCC(O)C#COC. The van der Waals surface area contributed by atoms with Gasteiger partial charge in [-0.1, -0.05) is 6.92 Å². The van der Waals surface area contributed by atoms with Crippen LogP contribution in [0.4, 0.5) is 0 Å². The van der Waals surface area contributed by atoms with Gasteiger partial charge < -0.3 is 9.84 Å². The van der Waals surface area contributed by atoms with E-state index in [0.717, 1.165) is 0 Å². The van der Waals surface area contributed by atoms with Crippen LogP contribution in [0.2, 0.25) is 0 Å². The van der Waals surface area contributed by atoms with Crippen LogP contribution in [0.3, 0.4) is 0 Å². The molecule has 0 spiro atoms. The molecule has 0 amide bonds. The molecule has 0 saturated carbocycles. The number of ether oxygens (including phenoxy) is 1. The third-order valence-electron chi connectivity index (χ3n) is 0.714. The minimum Gasteiger partial charge on any atom is -0.450 e. The highest BCUT2D eigenvalue weighted by molar-refractivity contribution is 4.97. The molecular formula is C6H10O2. The third kappa shape index (κ3) is 3.51. The highest BCUT2D eigenvalue weighted by Gasteiger charge is 1.89. The van der Waals surface area contributed by atoms with Gasteiger partial charge in [0.15, 0.2) is 0 Å². The summed E-state index contributed by atoms with van der Waals surface area (Å²) in [6.07, 6.45) is 2.42. The monoisotopic (exact) mass is 114 g/mol. The predicted octanol–water partition coefficient (Wildman–Crippen LogP) is 0.365. The first-order valence-electron chi connectivity index (χ1n) is 2.52. The average Bonchev–Trinajstić information content (AvgIpc) is 1.83. The fourth-order valence-electron chi connectivity index (χ4n) is 0.229. The molecule has 0 aromatic heterocycles. The van der Waals surface area contributed by atoms with Crippen molar-refractivity contribution in [1.82, 2.24) is 0 Å². The molecule has 0 aromatic rings. The molecule has 0 aliphatic carbocycles. The van der Waals surface area contributed by atoms with Crippen molar-refractivity contribution in [3.8, 4) is 12.0 Å². The Bertz CT molecular complexity index is 98.8. The Labute approximate surface area is 49.5 Å². The van der Waals surface area contributed by atoms with Gasteiger partial charge in [-0.3, -0.25) is 0 Å². The first-order valence-corrected chi connectivity index (χ1v) is 2.52. The van der Waals surface area contributed by atoms with E-state index in [1.165, 1.54) is 7.11 Å². The summed E-state index contributed by atoms with van der Waals surface area (Å²) in [6.45, 7) is 1.86. The van der Waals surface area contributed by atoms with E-state index >= 15 is 0 Å². The van der Waals surface area contributed by atoms with Gasteiger partial charge in [0.25, 0.3) is 0 Å². The van der Waals surface area contributed by atoms with Crippen LogP contribution >= 0.6 is 0 Å². The fourth-order valence-corrected chi connectivity index (χ4v) is 0.229. The molecule has 2 heteroatoms. The summed E-state index contributed by atoms with van der Waals surface area (Å²) in [7, 11) is 1.47.